The molecule has 1 unspecified atom stereocenters. The molecule has 1 nitrogen and oxygen atoms in total. The summed E-state index contributed by atoms with van der Waals surface area (Å²) >= 11 is 3.71. The third kappa shape index (κ3) is 13.7. The Morgan fingerprint density at radius 2 is 1.05 bits per heavy atom. The number of hydrogen-bond donors (Lipinski definition) is 0. The molecule has 0 saturated heterocycles. The second-order valence-corrected chi connectivity index (χ2v) is 6.52. The third-order valence-electron chi connectivity index (χ3n) is 3.89. The SMILES string of the molecule is CCCCCCCC[N+](C)(CBr)CCCCCC.[Br-]. The third-order valence-corrected chi connectivity index (χ3v) is 5.10. The smallest absolute Gasteiger partial charge is 0.134 e. The summed E-state index contributed by atoms with van der Waals surface area (Å²) in [7, 11) is 2.41. The van der Waals surface area contributed by atoms with Crippen molar-refractivity contribution in [2.75, 3.05) is 25.6 Å². The zero-order valence-corrected chi connectivity index (χ0v) is 16.6. The highest BCUT2D eigenvalue weighted by Gasteiger charge is 2.18. The van der Waals surface area contributed by atoms with Gasteiger partial charge in [0.25, 0.3) is 0 Å². The number of rotatable bonds is 13. The molecule has 0 aliphatic rings. The molecule has 0 N–H and O–H groups in total. The molecule has 0 aromatic carbocycles. The highest BCUT2D eigenvalue weighted by Crippen LogP contribution is 2.14. The first-order valence-electron chi connectivity index (χ1n) is 8.08. The average molecular weight is 401 g/mol. The van der Waals surface area contributed by atoms with E-state index < -0.39 is 0 Å². The Bertz CT molecular complexity index is 176. The van der Waals surface area contributed by atoms with E-state index in [1.807, 2.05) is 0 Å². The molecule has 0 fully saturated rings. The van der Waals surface area contributed by atoms with Crippen LogP contribution in [-0.2, 0) is 0 Å². The summed E-state index contributed by atoms with van der Waals surface area (Å²) in [4.78, 5) is 0. The first kappa shape index (κ1) is 22.2. The van der Waals surface area contributed by atoms with Gasteiger partial charge in [-0.25, -0.2) is 0 Å². The van der Waals surface area contributed by atoms with E-state index in [1.165, 1.54) is 81.8 Å². The van der Waals surface area contributed by atoms with Gasteiger partial charge in [-0.3, -0.25) is 0 Å². The molecule has 19 heavy (non-hydrogen) atoms. The quantitative estimate of drug-likeness (QED) is 0.193. The molecule has 3 heteroatoms. The summed E-state index contributed by atoms with van der Waals surface area (Å²) in [5.74, 6) is 0. The minimum absolute atomic E-state index is 0. The fourth-order valence-electron chi connectivity index (χ4n) is 2.43. The van der Waals surface area contributed by atoms with Crippen LogP contribution in [0.3, 0.4) is 0 Å². The Hall–Kier alpha value is 0.920. The lowest BCUT2D eigenvalue weighted by molar-refractivity contribution is -0.896. The first-order valence-corrected chi connectivity index (χ1v) is 9.20. The monoisotopic (exact) mass is 399 g/mol. The van der Waals surface area contributed by atoms with Crippen LogP contribution in [0.25, 0.3) is 0 Å². The Morgan fingerprint density at radius 3 is 1.47 bits per heavy atom. The maximum absolute atomic E-state index is 3.71. The molecule has 1 atom stereocenters. The van der Waals surface area contributed by atoms with Crippen molar-refractivity contribution in [2.45, 2.75) is 78.1 Å². The van der Waals surface area contributed by atoms with Crippen molar-refractivity contribution < 1.29 is 21.5 Å². The fraction of sp³-hybridized carbons (Fsp3) is 1.00. The van der Waals surface area contributed by atoms with Gasteiger partial charge in [-0.15, -0.1) is 0 Å². The summed E-state index contributed by atoms with van der Waals surface area (Å²) in [6, 6.07) is 0. The van der Waals surface area contributed by atoms with E-state index in [0.29, 0.717) is 0 Å². The molecule has 0 radical (unpaired) electrons. The van der Waals surface area contributed by atoms with Crippen molar-refractivity contribution in [1.82, 2.24) is 0 Å². The Balaban J connectivity index is 0. The minimum atomic E-state index is 0. The largest absolute Gasteiger partial charge is 1.00 e. The zero-order chi connectivity index (χ0) is 13.7. The first-order chi connectivity index (χ1) is 8.68. The van der Waals surface area contributed by atoms with E-state index in [-0.39, 0.29) is 17.0 Å². The van der Waals surface area contributed by atoms with Gasteiger partial charge in [0.15, 0.2) is 0 Å². The van der Waals surface area contributed by atoms with Crippen LogP contribution in [-0.4, -0.2) is 30.1 Å². The molecular weight excluding hydrogens is 366 g/mol. The second kappa shape index (κ2) is 15.3. The predicted molar refractivity (Wildman–Crippen MR) is 87.2 cm³/mol. The zero-order valence-electron chi connectivity index (χ0n) is 13.4. The van der Waals surface area contributed by atoms with E-state index in [9.17, 15) is 0 Å². The highest BCUT2D eigenvalue weighted by atomic mass is 79.9. The van der Waals surface area contributed by atoms with Gasteiger partial charge in [0.1, 0.15) is 5.45 Å². The molecular formula is C16H35Br2N. The molecule has 0 bridgehead atoms. The van der Waals surface area contributed by atoms with Gasteiger partial charge >= 0.3 is 0 Å². The van der Waals surface area contributed by atoms with Gasteiger partial charge in [0, 0.05) is 0 Å². The maximum atomic E-state index is 3.71. The van der Waals surface area contributed by atoms with E-state index in [4.69, 9.17) is 0 Å². The Morgan fingerprint density at radius 1 is 0.684 bits per heavy atom. The van der Waals surface area contributed by atoms with Gasteiger partial charge in [0.05, 0.1) is 20.1 Å². The van der Waals surface area contributed by atoms with Gasteiger partial charge in [-0.1, -0.05) is 52.4 Å². The average Bonchev–Trinajstić information content (AvgIpc) is 2.39. The number of hydrogen-bond acceptors (Lipinski definition) is 0. The van der Waals surface area contributed by atoms with E-state index >= 15 is 0 Å². The van der Waals surface area contributed by atoms with Crippen molar-refractivity contribution in [3.63, 3.8) is 0 Å². The molecule has 118 valence electrons. The van der Waals surface area contributed by atoms with Crippen molar-refractivity contribution in [1.29, 1.82) is 0 Å². The van der Waals surface area contributed by atoms with Crippen LogP contribution < -0.4 is 17.0 Å². The fourth-order valence-corrected chi connectivity index (χ4v) is 2.93. The topological polar surface area (TPSA) is 0 Å². The number of halogens is 2. The van der Waals surface area contributed by atoms with E-state index in [2.05, 4.69) is 36.8 Å². The Kier molecular flexibility index (Phi) is 17.9. The number of unbranched alkanes of at least 4 members (excludes halogenated alkanes) is 8. The molecule has 0 aromatic heterocycles. The van der Waals surface area contributed by atoms with Crippen LogP contribution in [0.5, 0.6) is 0 Å². The molecule has 0 aliphatic heterocycles. The van der Waals surface area contributed by atoms with Crippen LogP contribution in [0.4, 0.5) is 0 Å². The summed E-state index contributed by atoms with van der Waals surface area (Å²) in [6.07, 6.45) is 14.0. The normalized spacial score (nSPS) is 13.9. The lowest BCUT2D eigenvalue weighted by Gasteiger charge is -2.32. The van der Waals surface area contributed by atoms with Crippen molar-refractivity contribution >= 4 is 15.9 Å². The standard InChI is InChI=1S/C16H35BrN.BrH/c1-4-6-8-10-11-13-15-18(3,16-17)14-12-9-7-5-2;/h4-16H2,1-3H3;1H/q+1;/p-1. The lowest BCUT2D eigenvalue weighted by atomic mass is 10.1. The summed E-state index contributed by atoms with van der Waals surface area (Å²) < 4.78 is 1.22. The minimum Gasteiger partial charge on any atom is -1.00 e. The highest BCUT2D eigenvalue weighted by molar-refractivity contribution is 9.09. The van der Waals surface area contributed by atoms with Gasteiger partial charge in [-0.05, 0) is 41.6 Å². The molecule has 0 rings (SSSR count). The van der Waals surface area contributed by atoms with Crippen LogP contribution in [0.2, 0.25) is 0 Å². The van der Waals surface area contributed by atoms with Gasteiger partial charge < -0.3 is 21.5 Å². The van der Waals surface area contributed by atoms with Gasteiger partial charge in [-0.2, -0.15) is 0 Å². The lowest BCUT2D eigenvalue weighted by Crippen LogP contribution is -3.00. The Labute approximate surface area is 141 Å². The van der Waals surface area contributed by atoms with Crippen molar-refractivity contribution in [3.05, 3.63) is 0 Å². The van der Waals surface area contributed by atoms with Crippen molar-refractivity contribution in [2.24, 2.45) is 0 Å². The summed E-state index contributed by atoms with van der Waals surface area (Å²) in [6.45, 7) is 7.27. The van der Waals surface area contributed by atoms with Crippen LogP contribution in [0.1, 0.15) is 78.1 Å². The molecule has 0 saturated carbocycles. The summed E-state index contributed by atoms with van der Waals surface area (Å²) in [5.41, 5.74) is 1.12. The van der Waals surface area contributed by atoms with Crippen LogP contribution in [0.15, 0.2) is 0 Å². The van der Waals surface area contributed by atoms with Crippen molar-refractivity contribution in [3.8, 4) is 0 Å². The van der Waals surface area contributed by atoms with Crippen LogP contribution in [0, 0.1) is 0 Å². The molecule has 0 amide bonds. The number of nitrogens with zero attached hydrogens (tertiary/aromatic N) is 1. The van der Waals surface area contributed by atoms with E-state index in [1.54, 1.807) is 0 Å². The number of alkyl halides is 1. The number of quaternary nitrogens is 1. The van der Waals surface area contributed by atoms with Gasteiger partial charge in [0.2, 0.25) is 0 Å². The molecule has 0 aliphatic carbocycles. The maximum Gasteiger partial charge on any atom is 0.134 e. The molecule has 0 heterocycles. The van der Waals surface area contributed by atoms with Crippen LogP contribution >= 0.6 is 15.9 Å². The predicted octanol–water partition coefficient (Wildman–Crippen LogP) is 2.73. The van der Waals surface area contributed by atoms with E-state index in [0.717, 1.165) is 5.45 Å². The molecule has 0 spiro atoms. The molecule has 0 aromatic rings. The summed E-state index contributed by atoms with van der Waals surface area (Å²) in [5, 5.41) is 0. The second-order valence-electron chi connectivity index (χ2n) is 6.01.